The molecular weight excluding hydrogens is 443 g/mol. The fraction of sp³-hybridized carbons (Fsp3) is 0. The summed E-state index contributed by atoms with van der Waals surface area (Å²) in [5, 5.41) is 6.61. The molecule has 2 amide bonds. The van der Waals surface area contributed by atoms with Crippen molar-refractivity contribution in [3.05, 3.63) is 118 Å². The highest BCUT2D eigenvalue weighted by Crippen LogP contribution is 2.34. The number of rotatable bonds is 5. The molecule has 0 spiro atoms. The van der Waals surface area contributed by atoms with Gasteiger partial charge in [-0.15, -0.1) is 0 Å². The number of nitrogens with one attached hydrogen (secondary N) is 2. The highest BCUT2D eigenvalue weighted by molar-refractivity contribution is 6.36. The van der Waals surface area contributed by atoms with Crippen LogP contribution in [0.5, 0.6) is 0 Å². The Morgan fingerprint density at radius 2 is 1.31 bits per heavy atom. The number of benzene rings is 4. The normalized spacial score (nSPS) is 10.4. The summed E-state index contributed by atoms with van der Waals surface area (Å²) in [7, 11) is 0. The van der Waals surface area contributed by atoms with Gasteiger partial charge in [0.2, 0.25) is 0 Å². The molecule has 32 heavy (non-hydrogen) atoms. The SMILES string of the molecule is O=C(Nc1ccc(-c2[c]ccc(NC(=O)c3ccc(Cl)cc3)c2Cl)cc1)c1ccccc1. The molecule has 0 aliphatic carbocycles. The molecule has 0 aromatic heterocycles. The van der Waals surface area contributed by atoms with Crippen LogP contribution in [0, 0.1) is 6.07 Å². The van der Waals surface area contributed by atoms with E-state index in [0.717, 1.165) is 5.56 Å². The monoisotopic (exact) mass is 459 g/mol. The van der Waals surface area contributed by atoms with Crippen molar-refractivity contribution in [1.29, 1.82) is 0 Å². The third kappa shape index (κ3) is 4.99. The van der Waals surface area contributed by atoms with Crippen molar-refractivity contribution in [1.82, 2.24) is 0 Å². The Bertz CT molecular complexity index is 1260. The molecule has 2 N–H and O–H groups in total. The van der Waals surface area contributed by atoms with E-state index in [2.05, 4.69) is 16.7 Å². The summed E-state index contributed by atoms with van der Waals surface area (Å²) in [4.78, 5) is 24.8. The molecule has 6 heteroatoms. The van der Waals surface area contributed by atoms with Gasteiger partial charge in [0.05, 0.1) is 10.7 Å². The summed E-state index contributed by atoms with van der Waals surface area (Å²) in [5.41, 5.74) is 3.62. The van der Waals surface area contributed by atoms with E-state index < -0.39 is 0 Å². The zero-order valence-electron chi connectivity index (χ0n) is 16.7. The predicted molar refractivity (Wildman–Crippen MR) is 130 cm³/mol. The molecule has 157 valence electrons. The van der Waals surface area contributed by atoms with Gasteiger partial charge in [-0.05, 0) is 66.2 Å². The highest BCUT2D eigenvalue weighted by atomic mass is 35.5. The predicted octanol–water partition coefficient (Wildman–Crippen LogP) is 6.97. The molecule has 0 aliphatic heterocycles. The van der Waals surface area contributed by atoms with E-state index in [0.29, 0.717) is 38.1 Å². The molecule has 0 saturated carbocycles. The molecule has 0 atom stereocenters. The Morgan fingerprint density at radius 1 is 0.688 bits per heavy atom. The first kappa shape index (κ1) is 21.6. The average Bonchev–Trinajstić information content (AvgIpc) is 2.82. The smallest absolute Gasteiger partial charge is 0.255 e. The Kier molecular flexibility index (Phi) is 6.55. The number of halogens is 2. The number of amides is 2. The third-order valence-corrected chi connectivity index (χ3v) is 5.40. The Labute approximate surface area is 195 Å². The van der Waals surface area contributed by atoms with Crippen LogP contribution in [0.4, 0.5) is 11.4 Å². The van der Waals surface area contributed by atoms with E-state index in [1.165, 1.54) is 0 Å². The van der Waals surface area contributed by atoms with Crippen molar-refractivity contribution in [3.63, 3.8) is 0 Å². The first-order valence-electron chi connectivity index (χ1n) is 9.75. The van der Waals surface area contributed by atoms with Crippen molar-refractivity contribution < 1.29 is 9.59 Å². The van der Waals surface area contributed by atoms with Crippen molar-refractivity contribution in [3.8, 4) is 11.1 Å². The second-order valence-electron chi connectivity index (χ2n) is 6.94. The fourth-order valence-electron chi connectivity index (χ4n) is 3.09. The first-order chi connectivity index (χ1) is 15.5. The fourth-order valence-corrected chi connectivity index (χ4v) is 3.49. The molecule has 0 saturated heterocycles. The third-order valence-electron chi connectivity index (χ3n) is 4.76. The number of anilines is 2. The van der Waals surface area contributed by atoms with E-state index in [1.54, 1.807) is 60.7 Å². The van der Waals surface area contributed by atoms with Gasteiger partial charge < -0.3 is 10.6 Å². The Morgan fingerprint density at radius 3 is 2.00 bits per heavy atom. The van der Waals surface area contributed by atoms with Gasteiger partial charge in [0, 0.05) is 27.4 Å². The topological polar surface area (TPSA) is 58.2 Å². The maximum Gasteiger partial charge on any atom is 0.255 e. The largest absolute Gasteiger partial charge is 0.322 e. The van der Waals surface area contributed by atoms with E-state index in [9.17, 15) is 9.59 Å². The standard InChI is InChI=1S/C26H17Cl2N2O2/c27-20-13-9-19(10-14-20)26(32)30-23-8-4-7-22(24(23)28)17-11-15-21(16-12-17)29-25(31)18-5-2-1-3-6-18/h1-6,8-16H,(H,29,31)(H,30,32). The van der Waals surface area contributed by atoms with Gasteiger partial charge in [0.25, 0.3) is 11.8 Å². The molecule has 0 aliphatic rings. The van der Waals surface area contributed by atoms with Gasteiger partial charge in [-0.3, -0.25) is 9.59 Å². The van der Waals surface area contributed by atoms with Crippen LogP contribution in [0.25, 0.3) is 11.1 Å². The van der Waals surface area contributed by atoms with Gasteiger partial charge in [-0.25, -0.2) is 0 Å². The van der Waals surface area contributed by atoms with Crippen molar-refractivity contribution in [2.75, 3.05) is 10.6 Å². The lowest BCUT2D eigenvalue weighted by molar-refractivity contribution is 0.101. The van der Waals surface area contributed by atoms with Gasteiger partial charge in [0.15, 0.2) is 0 Å². The van der Waals surface area contributed by atoms with Gasteiger partial charge in [-0.2, -0.15) is 0 Å². The zero-order chi connectivity index (χ0) is 22.5. The maximum atomic E-state index is 12.5. The molecule has 0 heterocycles. The van der Waals surface area contributed by atoms with E-state index in [1.807, 2.05) is 30.3 Å². The summed E-state index contributed by atoms with van der Waals surface area (Å²) in [6.45, 7) is 0. The van der Waals surface area contributed by atoms with Crippen LogP contribution in [-0.2, 0) is 0 Å². The lowest BCUT2D eigenvalue weighted by atomic mass is 10.0. The van der Waals surface area contributed by atoms with E-state index in [4.69, 9.17) is 23.2 Å². The minimum Gasteiger partial charge on any atom is -0.322 e. The molecule has 4 aromatic carbocycles. The van der Waals surface area contributed by atoms with Crippen LogP contribution in [0.2, 0.25) is 10.0 Å². The van der Waals surface area contributed by atoms with Crippen molar-refractivity contribution in [2.24, 2.45) is 0 Å². The molecular formula is C26H17Cl2N2O2. The summed E-state index contributed by atoms with van der Waals surface area (Å²) >= 11 is 12.4. The van der Waals surface area contributed by atoms with Gasteiger partial charge in [0.1, 0.15) is 0 Å². The highest BCUT2D eigenvalue weighted by Gasteiger charge is 2.13. The number of hydrogen-bond acceptors (Lipinski definition) is 2. The quantitative estimate of drug-likeness (QED) is 0.338. The first-order valence-corrected chi connectivity index (χ1v) is 10.5. The van der Waals surface area contributed by atoms with Gasteiger partial charge in [-0.1, -0.05) is 59.6 Å². The molecule has 4 rings (SSSR count). The second kappa shape index (κ2) is 9.69. The Balaban J connectivity index is 1.51. The van der Waals surface area contributed by atoms with Crippen molar-refractivity contribution in [2.45, 2.75) is 0 Å². The molecule has 0 unspecified atom stereocenters. The molecule has 4 nitrogen and oxygen atoms in total. The molecule has 0 fully saturated rings. The van der Waals surface area contributed by atoms with Crippen LogP contribution in [0.1, 0.15) is 20.7 Å². The maximum absolute atomic E-state index is 12.5. The summed E-state index contributed by atoms with van der Waals surface area (Å²) in [6.07, 6.45) is 0. The molecule has 4 aromatic rings. The molecule has 0 bridgehead atoms. The number of carbonyl (C=O) groups is 2. The number of carbonyl (C=O) groups excluding carboxylic acids is 2. The van der Waals surface area contributed by atoms with Crippen LogP contribution >= 0.6 is 23.2 Å². The summed E-state index contributed by atoms with van der Waals surface area (Å²) in [5.74, 6) is -0.477. The summed E-state index contributed by atoms with van der Waals surface area (Å²) in [6, 6.07) is 29.3. The Hall–Kier alpha value is -3.60. The van der Waals surface area contributed by atoms with Gasteiger partial charge >= 0.3 is 0 Å². The van der Waals surface area contributed by atoms with Crippen molar-refractivity contribution >= 4 is 46.4 Å². The second-order valence-corrected chi connectivity index (χ2v) is 7.75. The van der Waals surface area contributed by atoms with Crippen LogP contribution < -0.4 is 10.6 Å². The number of hydrogen-bond donors (Lipinski definition) is 2. The lowest BCUT2D eigenvalue weighted by Gasteiger charge is -2.12. The zero-order valence-corrected chi connectivity index (χ0v) is 18.2. The van der Waals surface area contributed by atoms with Crippen LogP contribution in [-0.4, -0.2) is 11.8 Å². The molecule has 1 radical (unpaired) electrons. The minimum atomic E-state index is -0.292. The average molecular weight is 460 g/mol. The van der Waals surface area contributed by atoms with Crippen LogP contribution in [0.3, 0.4) is 0 Å². The minimum absolute atomic E-state index is 0.185. The van der Waals surface area contributed by atoms with E-state index in [-0.39, 0.29) is 11.8 Å². The van der Waals surface area contributed by atoms with E-state index >= 15 is 0 Å². The summed E-state index contributed by atoms with van der Waals surface area (Å²) < 4.78 is 0. The van der Waals surface area contributed by atoms with Crippen LogP contribution in [0.15, 0.2) is 91.0 Å². The lowest BCUT2D eigenvalue weighted by Crippen LogP contribution is -2.12.